The van der Waals surface area contributed by atoms with Gasteiger partial charge in [0.15, 0.2) is 11.4 Å². The number of hydrogen-bond donors (Lipinski definition) is 2. The number of nitrogens with one attached hydrogen (secondary N) is 2. The lowest BCUT2D eigenvalue weighted by atomic mass is 10.2. The zero-order chi connectivity index (χ0) is 15.1. The number of benzene rings is 2. The molecule has 0 amide bonds. The Labute approximate surface area is 123 Å². The third kappa shape index (κ3) is 1.89. The lowest BCUT2D eigenvalue weighted by molar-refractivity contribution is 1.15. The number of para-hydroxylation sites is 4. The van der Waals surface area contributed by atoms with Gasteiger partial charge in [0.25, 0.3) is 11.1 Å². The van der Waals surface area contributed by atoms with E-state index in [0.29, 0.717) is 22.1 Å². The Hall–Kier alpha value is -3.28. The molecule has 2 heterocycles. The highest BCUT2D eigenvalue weighted by molar-refractivity contribution is 5.79. The highest BCUT2D eigenvalue weighted by Crippen LogP contribution is 2.13. The van der Waals surface area contributed by atoms with Gasteiger partial charge in [-0.05, 0) is 24.3 Å². The zero-order valence-corrected chi connectivity index (χ0v) is 11.3. The minimum atomic E-state index is -0.438. The first kappa shape index (κ1) is 12.5. The minimum absolute atomic E-state index is 0.0192. The van der Waals surface area contributed by atoms with Crippen molar-refractivity contribution in [2.45, 2.75) is 0 Å². The van der Waals surface area contributed by atoms with Crippen LogP contribution in [0.15, 0.2) is 58.1 Å². The van der Waals surface area contributed by atoms with Crippen LogP contribution in [-0.2, 0) is 0 Å². The van der Waals surface area contributed by atoms with Gasteiger partial charge in [0.2, 0.25) is 0 Å². The Bertz CT molecular complexity index is 1040. The summed E-state index contributed by atoms with van der Waals surface area (Å²) in [5.41, 5.74) is 1.61. The van der Waals surface area contributed by atoms with E-state index in [4.69, 9.17) is 0 Å². The maximum atomic E-state index is 12.2. The van der Waals surface area contributed by atoms with E-state index < -0.39 is 11.1 Å². The molecule has 0 bridgehead atoms. The van der Waals surface area contributed by atoms with Gasteiger partial charge in [-0.15, -0.1) is 0 Å². The Kier molecular flexibility index (Phi) is 2.62. The molecule has 0 saturated heterocycles. The van der Waals surface area contributed by atoms with E-state index in [2.05, 4.69) is 19.9 Å². The molecule has 0 atom stereocenters. The van der Waals surface area contributed by atoms with Crippen LogP contribution in [0.2, 0.25) is 0 Å². The van der Waals surface area contributed by atoms with E-state index in [9.17, 15) is 9.59 Å². The third-order valence-electron chi connectivity index (χ3n) is 3.42. The van der Waals surface area contributed by atoms with Gasteiger partial charge in [0.05, 0.1) is 22.1 Å². The fraction of sp³-hybridized carbons (Fsp3) is 0. The van der Waals surface area contributed by atoms with Gasteiger partial charge in [-0.1, -0.05) is 24.3 Å². The molecule has 6 nitrogen and oxygen atoms in total. The van der Waals surface area contributed by atoms with Crippen molar-refractivity contribution < 1.29 is 0 Å². The Balaban J connectivity index is 2.06. The van der Waals surface area contributed by atoms with Crippen molar-refractivity contribution in [2.75, 3.05) is 0 Å². The first-order chi connectivity index (χ1) is 10.7. The third-order valence-corrected chi connectivity index (χ3v) is 3.42. The first-order valence-electron chi connectivity index (χ1n) is 6.71. The van der Waals surface area contributed by atoms with Gasteiger partial charge in [0, 0.05) is 0 Å². The van der Waals surface area contributed by atoms with Crippen molar-refractivity contribution >= 4 is 22.1 Å². The van der Waals surface area contributed by atoms with Crippen molar-refractivity contribution in [1.29, 1.82) is 0 Å². The molecule has 0 saturated carbocycles. The molecule has 0 unspecified atom stereocenters. The molecule has 22 heavy (non-hydrogen) atoms. The summed E-state index contributed by atoms with van der Waals surface area (Å²) in [6, 6.07) is 14.3. The van der Waals surface area contributed by atoms with Crippen LogP contribution in [0.25, 0.3) is 33.5 Å². The molecule has 0 aliphatic heterocycles. The highest BCUT2D eigenvalue weighted by Gasteiger charge is 2.13. The van der Waals surface area contributed by atoms with Crippen LogP contribution in [0.3, 0.4) is 0 Å². The second kappa shape index (κ2) is 4.63. The molecule has 0 aliphatic rings. The van der Waals surface area contributed by atoms with Crippen LogP contribution in [-0.4, -0.2) is 19.9 Å². The molecular formula is C16H10N4O2. The van der Waals surface area contributed by atoms with Gasteiger partial charge in [-0.3, -0.25) is 9.59 Å². The topological polar surface area (TPSA) is 91.5 Å². The zero-order valence-electron chi connectivity index (χ0n) is 11.3. The number of aromatic amines is 2. The first-order valence-corrected chi connectivity index (χ1v) is 6.71. The van der Waals surface area contributed by atoms with E-state index in [0.717, 1.165) is 0 Å². The predicted molar refractivity (Wildman–Crippen MR) is 83.7 cm³/mol. The van der Waals surface area contributed by atoms with Gasteiger partial charge in [0.1, 0.15) is 0 Å². The van der Waals surface area contributed by atoms with E-state index >= 15 is 0 Å². The predicted octanol–water partition coefficient (Wildman–Crippen LogP) is 1.83. The standard InChI is InChI=1S/C16H10N4O2/c21-15-13(17-9-5-1-3-7-11(9)19-15)14-16(22)20-12-8-4-2-6-10(12)18-14/h1-8H,(H,19,21)(H,20,22). The largest absolute Gasteiger partial charge is 0.319 e. The molecule has 2 N–H and O–H groups in total. The molecule has 4 rings (SSSR count). The van der Waals surface area contributed by atoms with Gasteiger partial charge >= 0.3 is 0 Å². The van der Waals surface area contributed by atoms with Crippen LogP contribution in [0, 0.1) is 0 Å². The van der Waals surface area contributed by atoms with Crippen molar-refractivity contribution in [3.8, 4) is 11.4 Å². The maximum Gasteiger partial charge on any atom is 0.276 e. The molecule has 0 fully saturated rings. The molecule has 6 heteroatoms. The average Bonchev–Trinajstić information content (AvgIpc) is 2.54. The summed E-state index contributed by atoms with van der Waals surface area (Å²) in [4.78, 5) is 38.4. The van der Waals surface area contributed by atoms with E-state index in [1.807, 2.05) is 12.1 Å². The average molecular weight is 290 g/mol. The van der Waals surface area contributed by atoms with Gasteiger partial charge < -0.3 is 9.97 Å². The Morgan fingerprint density at radius 2 is 1.05 bits per heavy atom. The number of aromatic nitrogens is 4. The molecule has 2 aromatic carbocycles. The van der Waals surface area contributed by atoms with Crippen molar-refractivity contribution in [1.82, 2.24) is 19.9 Å². The minimum Gasteiger partial charge on any atom is -0.319 e. The Morgan fingerprint density at radius 3 is 1.50 bits per heavy atom. The quantitative estimate of drug-likeness (QED) is 0.559. The highest BCUT2D eigenvalue weighted by atomic mass is 16.1. The number of fused-ring (bicyclic) bond motifs is 2. The second-order valence-electron chi connectivity index (χ2n) is 4.86. The van der Waals surface area contributed by atoms with Gasteiger partial charge in [-0.2, -0.15) is 0 Å². The molecule has 0 spiro atoms. The molecule has 2 aromatic heterocycles. The fourth-order valence-electron chi connectivity index (χ4n) is 2.38. The van der Waals surface area contributed by atoms with E-state index in [-0.39, 0.29) is 11.4 Å². The van der Waals surface area contributed by atoms with Crippen LogP contribution >= 0.6 is 0 Å². The molecular weight excluding hydrogens is 280 g/mol. The van der Waals surface area contributed by atoms with Crippen LogP contribution in [0.4, 0.5) is 0 Å². The SMILES string of the molecule is O=c1[nH]c2ccccc2nc1-c1nc2ccccc2[nH]c1=O. The summed E-state index contributed by atoms with van der Waals surface area (Å²) in [5.74, 6) is 0. The summed E-state index contributed by atoms with van der Waals surface area (Å²) >= 11 is 0. The number of rotatable bonds is 1. The number of H-pyrrole nitrogens is 2. The lowest BCUT2D eigenvalue weighted by Gasteiger charge is -2.03. The maximum absolute atomic E-state index is 12.2. The monoisotopic (exact) mass is 290 g/mol. The molecule has 4 aromatic rings. The summed E-state index contributed by atoms with van der Waals surface area (Å²) in [6.07, 6.45) is 0. The van der Waals surface area contributed by atoms with E-state index in [1.165, 1.54) is 0 Å². The molecule has 0 radical (unpaired) electrons. The van der Waals surface area contributed by atoms with Crippen LogP contribution < -0.4 is 11.1 Å². The smallest absolute Gasteiger partial charge is 0.276 e. The summed E-state index contributed by atoms with van der Waals surface area (Å²) < 4.78 is 0. The van der Waals surface area contributed by atoms with Crippen molar-refractivity contribution in [3.05, 3.63) is 69.2 Å². The number of hydrogen-bond acceptors (Lipinski definition) is 4. The summed E-state index contributed by atoms with van der Waals surface area (Å²) in [5, 5.41) is 0. The van der Waals surface area contributed by atoms with Crippen molar-refractivity contribution in [2.24, 2.45) is 0 Å². The lowest BCUT2D eigenvalue weighted by Crippen LogP contribution is -2.19. The summed E-state index contributed by atoms with van der Waals surface area (Å²) in [7, 11) is 0. The number of nitrogens with zero attached hydrogens (tertiary/aromatic N) is 2. The van der Waals surface area contributed by atoms with Gasteiger partial charge in [-0.25, -0.2) is 9.97 Å². The molecule has 106 valence electrons. The van der Waals surface area contributed by atoms with E-state index in [1.54, 1.807) is 36.4 Å². The summed E-state index contributed by atoms with van der Waals surface area (Å²) in [6.45, 7) is 0. The second-order valence-corrected chi connectivity index (χ2v) is 4.86. The van der Waals surface area contributed by atoms with Crippen molar-refractivity contribution in [3.63, 3.8) is 0 Å². The normalized spacial score (nSPS) is 11.1. The fourth-order valence-corrected chi connectivity index (χ4v) is 2.38. The Morgan fingerprint density at radius 1 is 0.636 bits per heavy atom. The van der Waals surface area contributed by atoms with Crippen LogP contribution in [0.5, 0.6) is 0 Å². The van der Waals surface area contributed by atoms with Crippen LogP contribution in [0.1, 0.15) is 0 Å². The molecule has 0 aliphatic carbocycles.